The van der Waals surface area contributed by atoms with Gasteiger partial charge >= 0.3 is 0 Å². The molecule has 0 unspecified atom stereocenters. The predicted molar refractivity (Wildman–Crippen MR) is 142 cm³/mol. The van der Waals surface area contributed by atoms with Gasteiger partial charge in [0.25, 0.3) is 0 Å². The molecule has 1 heteroatoms. The van der Waals surface area contributed by atoms with Crippen LogP contribution in [0.1, 0.15) is 61.8 Å². The predicted octanol–water partition coefficient (Wildman–Crippen LogP) is 9.85. The fourth-order valence-electron chi connectivity index (χ4n) is 5.67. The molecule has 0 fully saturated rings. The van der Waals surface area contributed by atoms with E-state index in [1.807, 2.05) is 0 Å². The maximum Gasteiger partial charge on any atom is 0.0105 e. The maximum absolute atomic E-state index is 2.55. The lowest BCUT2D eigenvalue weighted by atomic mass is 9.98. The monoisotopic (exact) mass is 448 g/mol. The van der Waals surface area contributed by atoms with Crippen LogP contribution in [0.5, 0.6) is 0 Å². The first-order valence-corrected chi connectivity index (χ1v) is 13.8. The Bertz CT molecular complexity index is 1330. The lowest BCUT2D eigenvalue weighted by Gasteiger charge is -2.37. The Hall–Kier alpha value is -2.77. The molecule has 0 saturated heterocycles. The molecule has 6 rings (SSSR count). The molecular formula is C32H32S. The van der Waals surface area contributed by atoms with E-state index in [0.29, 0.717) is 11.8 Å². The van der Waals surface area contributed by atoms with Crippen LogP contribution in [0.3, 0.4) is 0 Å². The van der Waals surface area contributed by atoms with Gasteiger partial charge in [0.2, 0.25) is 0 Å². The number of fused-ring (bicyclic) bond motifs is 10. The summed E-state index contributed by atoms with van der Waals surface area (Å²) in [5, 5.41) is 0. The summed E-state index contributed by atoms with van der Waals surface area (Å²) in [6.45, 7) is 13.7. The molecule has 0 amide bonds. The molecule has 0 N–H and O–H groups in total. The van der Waals surface area contributed by atoms with Gasteiger partial charge in [-0.1, -0.05) is 76.2 Å². The van der Waals surface area contributed by atoms with Gasteiger partial charge in [-0.15, -0.1) is 10.0 Å². The molecule has 0 bridgehead atoms. The highest BCUT2D eigenvalue weighted by Crippen LogP contribution is 2.85. The van der Waals surface area contributed by atoms with Crippen LogP contribution >= 0.6 is 10.0 Å². The second-order valence-corrected chi connectivity index (χ2v) is 13.4. The summed E-state index contributed by atoms with van der Waals surface area (Å²) >= 11 is 0. The number of aryl methyl sites for hydroxylation is 2. The molecule has 2 aliphatic rings. The van der Waals surface area contributed by atoms with Crippen LogP contribution in [0, 0.1) is 13.8 Å². The van der Waals surface area contributed by atoms with Crippen LogP contribution in [0.4, 0.5) is 0 Å². The van der Waals surface area contributed by atoms with Crippen LogP contribution in [0.25, 0.3) is 22.3 Å². The van der Waals surface area contributed by atoms with Gasteiger partial charge in [0.1, 0.15) is 0 Å². The molecule has 4 aromatic carbocycles. The van der Waals surface area contributed by atoms with Crippen molar-refractivity contribution in [2.24, 2.45) is 0 Å². The molecule has 33 heavy (non-hydrogen) atoms. The second-order valence-electron chi connectivity index (χ2n) is 10.4. The first-order valence-electron chi connectivity index (χ1n) is 12.2. The number of rotatable bonds is 2. The van der Waals surface area contributed by atoms with Crippen molar-refractivity contribution in [3.63, 3.8) is 0 Å². The van der Waals surface area contributed by atoms with Crippen LogP contribution in [0.15, 0.2) is 92.4 Å². The maximum atomic E-state index is 2.55. The molecule has 166 valence electrons. The van der Waals surface area contributed by atoms with Gasteiger partial charge in [-0.05, 0) is 94.5 Å². The van der Waals surface area contributed by atoms with Gasteiger partial charge in [0.15, 0.2) is 0 Å². The highest BCUT2D eigenvalue weighted by atomic mass is 32.3. The zero-order valence-electron chi connectivity index (χ0n) is 20.5. The first-order chi connectivity index (χ1) is 15.8. The standard InChI is InChI=1S/C32H32S/c1-19(2)23-9-13-27-25-11-7-21(5)15-29(25)33(31(27)17-23)30-16-22(6)8-12-26(30)28-14-10-24(20(3)4)18-32(28)33/h7-20H,1-6H3. The zero-order chi connectivity index (χ0) is 23.1. The molecule has 0 nitrogen and oxygen atoms in total. The smallest absolute Gasteiger partial charge is 0.0105 e. The van der Waals surface area contributed by atoms with Gasteiger partial charge in [-0.2, -0.15) is 0 Å². The molecule has 1 spiro atoms. The van der Waals surface area contributed by atoms with Crippen molar-refractivity contribution in [2.45, 2.75) is 73.0 Å². The highest BCUT2D eigenvalue weighted by molar-refractivity contribution is 8.34. The van der Waals surface area contributed by atoms with E-state index in [-0.39, 0.29) is 0 Å². The largest absolute Gasteiger partial charge is 0.130 e. The Morgan fingerprint density at radius 2 is 0.788 bits per heavy atom. The van der Waals surface area contributed by atoms with E-state index in [0.717, 1.165) is 0 Å². The minimum atomic E-state index is -1.52. The second kappa shape index (κ2) is 7.11. The van der Waals surface area contributed by atoms with Gasteiger partial charge in [-0.3, -0.25) is 0 Å². The Labute approximate surface area is 200 Å². The van der Waals surface area contributed by atoms with Gasteiger partial charge in [-0.25, -0.2) is 0 Å². The molecule has 0 saturated carbocycles. The third-order valence-electron chi connectivity index (χ3n) is 7.52. The third kappa shape index (κ3) is 2.72. The Morgan fingerprint density at radius 3 is 1.15 bits per heavy atom. The van der Waals surface area contributed by atoms with Crippen molar-refractivity contribution < 1.29 is 0 Å². The van der Waals surface area contributed by atoms with Gasteiger partial charge in [0, 0.05) is 19.6 Å². The number of benzene rings is 4. The van der Waals surface area contributed by atoms with Crippen molar-refractivity contribution in [1.29, 1.82) is 0 Å². The number of hydrogen-bond donors (Lipinski definition) is 0. The fourth-order valence-corrected chi connectivity index (χ4v) is 10.5. The number of hydrogen-bond acceptors (Lipinski definition) is 0. The molecule has 0 radical (unpaired) electrons. The lowest BCUT2D eigenvalue weighted by molar-refractivity contribution is 0.861. The fraction of sp³-hybridized carbons (Fsp3) is 0.250. The highest BCUT2D eigenvalue weighted by Gasteiger charge is 2.48. The van der Waals surface area contributed by atoms with E-state index >= 15 is 0 Å². The zero-order valence-corrected chi connectivity index (χ0v) is 21.3. The SMILES string of the molecule is Cc1ccc2c(c1)S1(c3cc(C)ccc3-c3ccc(C(C)C)cc31)c1cc(C(C)C)ccc1-2. The molecule has 2 aliphatic heterocycles. The Morgan fingerprint density at radius 1 is 0.455 bits per heavy atom. The third-order valence-corrected chi connectivity index (χ3v) is 11.5. The van der Waals surface area contributed by atoms with E-state index in [1.165, 1.54) is 54.3 Å². The molecule has 4 aromatic rings. The topological polar surface area (TPSA) is 0 Å². The minimum Gasteiger partial charge on any atom is -0.130 e. The van der Waals surface area contributed by atoms with Gasteiger partial charge in [0.05, 0.1) is 0 Å². The quantitative estimate of drug-likeness (QED) is 0.247. The van der Waals surface area contributed by atoms with Crippen molar-refractivity contribution in [1.82, 2.24) is 0 Å². The lowest BCUT2D eigenvalue weighted by Crippen LogP contribution is -2.01. The normalized spacial score (nSPS) is 15.5. The van der Waals surface area contributed by atoms with Crippen LogP contribution in [-0.2, 0) is 0 Å². The van der Waals surface area contributed by atoms with Crippen LogP contribution < -0.4 is 0 Å². The van der Waals surface area contributed by atoms with E-state index in [4.69, 9.17) is 0 Å². The molecule has 0 aliphatic carbocycles. The summed E-state index contributed by atoms with van der Waals surface area (Å²) in [6.07, 6.45) is 0. The van der Waals surface area contributed by atoms with E-state index < -0.39 is 10.0 Å². The molecule has 0 aromatic heterocycles. The Balaban J connectivity index is 1.83. The van der Waals surface area contributed by atoms with Gasteiger partial charge < -0.3 is 0 Å². The summed E-state index contributed by atoms with van der Waals surface area (Å²) in [6, 6.07) is 28.9. The van der Waals surface area contributed by atoms with E-state index in [1.54, 1.807) is 9.79 Å². The van der Waals surface area contributed by atoms with Crippen molar-refractivity contribution in [2.75, 3.05) is 0 Å². The molecule has 2 heterocycles. The summed E-state index contributed by atoms with van der Waals surface area (Å²) in [5.74, 6) is 1.02. The molecule has 0 atom stereocenters. The summed E-state index contributed by atoms with van der Waals surface area (Å²) < 4.78 is 0. The van der Waals surface area contributed by atoms with E-state index in [2.05, 4.69) is 114 Å². The van der Waals surface area contributed by atoms with Crippen LogP contribution in [-0.4, -0.2) is 0 Å². The average molecular weight is 449 g/mol. The summed E-state index contributed by atoms with van der Waals surface area (Å²) in [7, 11) is -1.52. The van der Waals surface area contributed by atoms with Crippen LogP contribution in [0.2, 0.25) is 0 Å². The van der Waals surface area contributed by atoms with E-state index in [9.17, 15) is 0 Å². The summed E-state index contributed by atoms with van der Waals surface area (Å²) in [4.78, 5) is 6.15. The Kier molecular flexibility index (Phi) is 4.48. The van der Waals surface area contributed by atoms with Crippen molar-refractivity contribution in [3.05, 3.63) is 95.1 Å². The average Bonchev–Trinajstić information content (AvgIpc) is 3.24. The first kappa shape index (κ1) is 20.8. The van der Waals surface area contributed by atoms with Crippen molar-refractivity contribution >= 4 is 10.0 Å². The summed E-state index contributed by atoms with van der Waals surface area (Å²) in [5.41, 5.74) is 11.3. The molecular weight excluding hydrogens is 416 g/mol. The minimum absolute atomic E-state index is 0.511. The van der Waals surface area contributed by atoms with Crippen molar-refractivity contribution in [3.8, 4) is 22.3 Å².